The summed E-state index contributed by atoms with van der Waals surface area (Å²) in [5, 5.41) is 3.03. The van der Waals surface area contributed by atoms with Crippen molar-refractivity contribution >= 4 is 5.91 Å². The van der Waals surface area contributed by atoms with Crippen molar-refractivity contribution in [1.82, 2.24) is 10.3 Å². The van der Waals surface area contributed by atoms with Crippen LogP contribution in [0.25, 0.3) is 0 Å². The Bertz CT molecular complexity index is 666. The van der Waals surface area contributed by atoms with Gasteiger partial charge in [0.1, 0.15) is 5.82 Å². The highest BCUT2D eigenvalue weighted by molar-refractivity contribution is 5.88. The smallest absolute Gasteiger partial charge is 0.230 e. The standard InChI is InChI=1S/C19H21FN2O/c20-16-7-5-6-15(14-16)19(10-2-3-11-19)18(23)22-13-9-17-8-1-4-12-21-17/h1,4-8,12,14H,2-3,9-11,13H2,(H,22,23). The number of hydrogen-bond acceptors (Lipinski definition) is 2. The second-order valence-corrected chi connectivity index (χ2v) is 6.13. The van der Waals surface area contributed by atoms with Gasteiger partial charge in [-0.3, -0.25) is 9.78 Å². The van der Waals surface area contributed by atoms with Crippen molar-refractivity contribution in [1.29, 1.82) is 0 Å². The molecule has 3 rings (SSSR count). The number of pyridine rings is 1. The molecule has 1 aliphatic rings. The molecule has 1 heterocycles. The van der Waals surface area contributed by atoms with E-state index in [0.29, 0.717) is 13.0 Å². The lowest BCUT2D eigenvalue weighted by Crippen LogP contribution is -2.43. The van der Waals surface area contributed by atoms with Gasteiger partial charge in [0.05, 0.1) is 5.41 Å². The van der Waals surface area contributed by atoms with Crippen molar-refractivity contribution in [3.8, 4) is 0 Å². The van der Waals surface area contributed by atoms with Crippen molar-refractivity contribution in [3.05, 3.63) is 65.7 Å². The van der Waals surface area contributed by atoms with E-state index in [4.69, 9.17) is 0 Å². The van der Waals surface area contributed by atoms with Crippen LogP contribution < -0.4 is 5.32 Å². The molecule has 1 amide bonds. The van der Waals surface area contributed by atoms with Gasteiger partial charge in [-0.1, -0.05) is 31.0 Å². The average Bonchev–Trinajstić information content (AvgIpc) is 3.07. The van der Waals surface area contributed by atoms with Crippen LogP contribution in [0.2, 0.25) is 0 Å². The number of nitrogens with zero attached hydrogens (tertiary/aromatic N) is 1. The van der Waals surface area contributed by atoms with Gasteiger partial charge < -0.3 is 5.32 Å². The summed E-state index contributed by atoms with van der Waals surface area (Å²) in [6, 6.07) is 12.2. The summed E-state index contributed by atoms with van der Waals surface area (Å²) in [6.07, 6.45) is 6.03. The average molecular weight is 312 g/mol. The van der Waals surface area contributed by atoms with Gasteiger partial charge >= 0.3 is 0 Å². The largest absolute Gasteiger partial charge is 0.355 e. The lowest BCUT2D eigenvalue weighted by atomic mass is 9.78. The highest BCUT2D eigenvalue weighted by Gasteiger charge is 2.42. The lowest BCUT2D eigenvalue weighted by molar-refractivity contribution is -0.126. The number of nitrogens with one attached hydrogen (secondary N) is 1. The first-order valence-corrected chi connectivity index (χ1v) is 8.15. The Morgan fingerprint density at radius 2 is 2.00 bits per heavy atom. The minimum absolute atomic E-state index is 0.0107. The van der Waals surface area contributed by atoms with E-state index >= 15 is 0 Å². The fourth-order valence-electron chi connectivity index (χ4n) is 3.43. The number of rotatable bonds is 5. The van der Waals surface area contributed by atoms with Crippen LogP contribution in [0.5, 0.6) is 0 Å². The molecule has 0 unspecified atom stereocenters. The Labute approximate surface area is 135 Å². The van der Waals surface area contributed by atoms with Gasteiger partial charge in [0.15, 0.2) is 0 Å². The predicted octanol–water partition coefficient (Wildman–Crippen LogP) is 3.39. The van der Waals surface area contributed by atoms with Crippen LogP contribution in [-0.2, 0) is 16.6 Å². The molecule has 4 heteroatoms. The first-order chi connectivity index (χ1) is 11.2. The number of benzene rings is 1. The molecule has 0 bridgehead atoms. The van der Waals surface area contributed by atoms with Gasteiger partial charge in [0.25, 0.3) is 0 Å². The molecule has 0 radical (unpaired) electrons. The molecular weight excluding hydrogens is 291 g/mol. The fraction of sp³-hybridized carbons (Fsp3) is 0.368. The molecule has 0 saturated heterocycles. The second kappa shape index (κ2) is 6.90. The molecule has 3 nitrogen and oxygen atoms in total. The van der Waals surface area contributed by atoms with E-state index in [1.54, 1.807) is 12.3 Å². The van der Waals surface area contributed by atoms with Gasteiger partial charge in [-0.15, -0.1) is 0 Å². The van der Waals surface area contributed by atoms with Gasteiger partial charge in [-0.05, 0) is 42.7 Å². The van der Waals surface area contributed by atoms with Gasteiger partial charge in [-0.2, -0.15) is 0 Å². The van der Waals surface area contributed by atoms with E-state index in [9.17, 15) is 9.18 Å². The van der Waals surface area contributed by atoms with Crippen molar-refractivity contribution in [2.45, 2.75) is 37.5 Å². The molecule has 0 aliphatic heterocycles. The maximum absolute atomic E-state index is 13.6. The Balaban J connectivity index is 1.70. The first kappa shape index (κ1) is 15.7. The minimum Gasteiger partial charge on any atom is -0.355 e. The van der Waals surface area contributed by atoms with E-state index in [-0.39, 0.29) is 11.7 Å². The van der Waals surface area contributed by atoms with E-state index < -0.39 is 5.41 Å². The number of carbonyl (C=O) groups excluding carboxylic acids is 1. The number of hydrogen-bond donors (Lipinski definition) is 1. The third kappa shape index (κ3) is 3.41. The van der Waals surface area contributed by atoms with Crippen molar-refractivity contribution in [3.63, 3.8) is 0 Å². The zero-order valence-electron chi connectivity index (χ0n) is 13.1. The monoisotopic (exact) mass is 312 g/mol. The number of amides is 1. The Morgan fingerprint density at radius 1 is 1.17 bits per heavy atom. The molecule has 0 atom stereocenters. The number of halogens is 1. The normalized spacial score (nSPS) is 16.2. The Hall–Kier alpha value is -2.23. The van der Waals surface area contributed by atoms with Crippen LogP contribution >= 0.6 is 0 Å². The molecule has 1 aromatic carbocycles. The van der Waals surface area contributed by atoms with Crippen LogP contribution in [0.4, 0.5) is 4.39 Å². The van der Waals surface area contributed by atoms with Crippen LogP contribution in [0.1, 0.15) is 36.9 Å². The third-order valence-electron chi connectivity index (χ3n) is 4.66. The third-order valence-corrected chi connectivity index (χ3v) is 4.66. The summed E-state index contributed by atoms with van der Waals surface area (Å²) in [7, 11) is 0. The van der Waals surface area contributed by atoms with E-state index in [0.717, 1.165) is 36.9 Å². The maximum Gasteiger partial charge on any atom is 0.230 e. The van der Waals surface area contributed by atoms with E-state index in [1.165, 1.54) is 12.1 Å². The van der Waals surface area contributed by atoms with E-state index in [2.05, 4.69) is 10.3 Å². The number of aromatic nitrogens is 1. The fourth-order valence-corrected chi connectivity index (χ4v) is 3.43. The molecule has 23 heavy (non-hydrogen) atoms. The zero-order chi connectivity index (χ0) is 16.1. The van der Waals surface area contributed by atoms with Gasteiger partial charge in [0, 0.05) is 24.9 Å². The highest BCUT2D eigenvalue weighted by atomic mass is 19.1. The zero-order valence-corrected chi connectivity index (χ0v) is 13.1. The van der Waals surface area contributed by atoms with Crippen molar-refractivity contribution in [2.75, 3.05) is 6.54 Å². The summed E-state index contributed by atoms with van der Waals surface area (Å²) >= 11 is 0. The number of carbonyl (C=O) groups is 1. The summed E-state index contributed by atoms with van der Waals surface area (Å²) in [5.41, 5.74) is 1.18. The highest BCUT2D eigenvalue weighted by Crippen LogP contribution is 2.41. The lowest BCUT2D eigenvalue weighted by Gasteiger charge is -2.28. The summed E-state index contributed by atoms with van der Waals surface area (Å²) < 4.78 is 13.6. The molecule has 1 aromatic heterocycles. The Kier molecular flexibility index (Phi) is 4.70. The SMILES string of the molecule is O=C(NCCc1ccccn1)C1(c2cccc(F)c2)CCCC1. The van der Waals surface area contributed by atoms with Crippen molar-refractivity contribution < 1.29 is 9.18 Å². The maximum atomic E-state index is 13.6. The molecule has 1 aliphatic carbocycles. The summed E-state index contributed by atoms with van der Waals surface area (Å²) in [5.74, 6) is -0.272. The van der Waals surface area contributed by atoms with Gasteiger partial charge in [-0.25, -0.2) is 4.39 Å². The molecule has 120 valence electrons. The summed E-state index contributed by atoms with van der Waals surface area (Å²) in [4.78, 5) is 17.1. The second-order valence-electron chi connectivity index (χ2n) is 6.13. The molecule has 1 fully saturated rings. The quantitative estimate of drug-likeness (QED) is 0.919. The summed E-state index contributed by atoms with van der Waals surface area (Å²) in [6.45, 7) is 0.549. The van der Waals surface area contributed by atoms with Crippen LogP contribution in [0, 0.1) is 5.82 Å². The Morgan fingerprint density at radius 3 is 2.70 bits per heavy atom. The van der Waals surface area contributed by atoms with Crippen molar-refractivity contribution in [2.24, 2.45) is 0 Å². The molecule has 2 aromatic rings. The minimum atomic E-state index is -0.577. The molecule has 0 spiro atoms. The van der Waals surface area contributed by atoms with Gasteiger partial charge in [0.2, 0.25) is 5.91 Å². The van der Waals surface area contributed by atoms with Crippen LogP contribution in [0.3, 0.4) is 0 Å². The molecule has 1 N–H and O–H groups in total. The first-order valence-electron chi connectivity index (χ1n) is 8.15. The molecular formula is C19H21FN2O. The van der Waals surface area contributed by atoms with Crippen LogP contribution in [0.15, 0.2) is 48.7 Å². The molecule has 1 saturated carbocycles. The predicted molar refractivity (Wildman–Crippen MR) is 87.5 cm³/mol. The van der Waals surface area contributed by atoms with Crippen LogP contribution in [-0.4, -0.2) is 17.4 Å². The van der Waals surface area contributed by atoms with E-state index in [1.807, 2.05) is 24.3 Å². The topological polar surface area (TPSA) is 42.0 Å².